The van der Waals surface area contributed by atoms with E-state index in [0.29, 0.717) is 12.5 Å². The Morgan fingerprint density at radius 3 is 2.64 bits per heavy atom. The van der Waals surface area contributed by atoms with Crippen LogP contribution >= 0.6 is 0 Å². The maximum Gasteiger partial charge on any atom is 0.306 e. The molecule has 0 saturated carbocycles. The molecule has 0 N–H and O–H groups in total. The fraction of sp³-hybridized carbons (Fsp3) is 0.750. The van der Waals surface area contributed by atoms with Gasteiger partial charge in [0.05, 0.1) is 13.0 Å². The van der Waals surface area contributed by atoms with Crippen LogP contribution in [0, 0.1) is 5.92 Å². The standard InChI is InChI=1S/C8H14O3/c1-7(2)6-11-8(10)4-3-5-9/h5,7H,3-4,6H2,1-2H3. The average Bonchev–Trinajstić information content (AvgIpc) is 1.97. The predicted molar refractivity (Wildman–Crippen MR) is 41.1 cm³/mol. The smallest absolute Gasteiger partial charge is 0.306 e. The Balaban J connectivity index is 3.29. The summed E-state index contributed by atoms with van der Waals surface area (Å²) < 4.78 is 4.81. The Kier molecular flexibility index (Phi) is 5.43. The third kappa shape index (κ3) is 7.03. The van der Waals surface area contributed by atoms with Crippen LogP contribution < -0.4 is 0 Å². The van der Waals surface area contributed by atoms with Gasteiger partial charge in [0, 0.05) is 6.42 Å². The summed E-state index contributed by atoms with van der Waals surface area (Å²) in [4.78, 5) is 20.6. The van der Waals surface area contributed by atoms with Crippen molar-refractivity contribution in [3.05, 3.63) is 0 Å². The Hall–Kier alpha value is -0.860. The number of ether oxygens (including phenoxy) is 1. The van der Waals surface area contributed by atoms with E-state index in [1.807, 2.05) is 13.8 Å². The van der Waals surface area contributed by atoms with Crippen LogP contribution in [-0.4, -0.2) is 18.9 Å². The first kappa shape index (κ1) is 10.1. The van der Waals surface area contributed by atoms with Crippen LogP contribution in [0.2, 0.25) is 0 Å². The van der Waals surface area contributed by atoms with Gasteiger partial charge in [-0.25, -0.2) is 0 Å². The van der Waals surface area contributed by atoms with Crippen molar-refractivity contribution in [2.24, 2.45) is 5.92 Å². The minimum Gasteiger partial charge on any atom is -0.465 e. The van der Waals surface area contributed by atoms with Crippen molar-refractivity contribution in [2.75, 3.05) is 6.61 Å². The van der Waals surface area contributed by atoms with Gasteiger partial charge in [-0.15, -0.1) is 0 Å². The van der Waals surface area contributed by atoms with Crippen molar-refractivity contribution in [2.45, 2.75) is 26.7 Å². The highest BCUT2D eigenvalue weighted by Crippen LogP contribution is 1.95. The molecule has 3 nitrogen and oxygen atoms in total. The Morgan fingerprint density at radius 2 is 2.18 bits per heavy atom. The number of hydrogen-bond donors (Lipinski definition) is 0. The molecule has 11 heavy (non-hydrogen) atoms. The first-order valence-corrected chi connectivity index (χ1v) is 3.76. The van der Waals surface area contributed by atoms with Gasteiger partial charge in [0.15, 0.2) is 0 Å². The Bertz CT molecular complexity index is 129. The van der Waals surface area contributed by atoms with Crippen molar-refractivity contribution in [3.63, 3.8) is 0 Å². The fourth-order valence-electron chi connectivity index (χ4n) is 0.509. The summed E-state index contributed by atoms with van der Waals surface area (Å²) in [6, 6.07) is 0. The molecule has 0 heterocycles. The van der Waals surface area contributed by atoms with Crippen molar-refractivity contribution in [1.29, 1.82) is 0 Å². The maximum absolute atomic E-state index is 10.7. The minimum atomic E-state index is -0.286. The number of carbonyl (C=O) groups excluding carboxylic acids is 2. The molecule has 0 unspecified atom stereocenters. The summed E-state index contributed by atoms with van der Waals surface area (Å²) in [5.74, 6) is 0.0704. The molecule has 0 aliphatic rings. The highest BCUT2D eigenvalue weighted by molar-refractivity contribution is 5.72. The van der Waals surface area contributed by atoms with Crippen molar-refractivity contribution in [3.8, 4) is 0 Å². The topological polar surface area (TPSA) is 43.4 Å². The lowest BCUT2D eigenvalue weighted by Crippen LogP contribution is -2.09. The van der Waals surface area contributed by atoms with E-state index in [4.69, 9.17) is 4.74 Å². The lowest BCUT2D eigenvalue weighted by Gasteiger charge is -2.05. The Morgan fingerprint density at radius 1 is 1.55 bits per heavy atom. The number of hydrogen-bond acceptors (Lipinski definition) is 3. The van der Waals surface area contributed by atoms with Crippen LogP contribution in [0.3, 0.4) is 0 Å². The molecule has 0 atom stereocenters. The van der Waals surface area contributed by atoms with E-state index in [9.17, 15) is 9.59 Å². The van der Waals surface area contributed by atoms with Gasteiger partial charge in [-0.05, 0) is 5.92 Å². The highest BCUT2D eigenvalue weighted by atomic mass is 16.5. The monoisotopic (exact) mass is 158 g/mol. The van der Waals surface area contributed by atoms with E-state index in [1.165, 1.54) is 0 Å². The van der Waals surface area contributed by atoms with E-state index >= 15 is 0 Å². The molecular formula is C8H14O3. The second-order valence-electron chi connectivity index (χ2n) is 2.78. The van der Waals surface area contributed by atoms with Gasteiger partial charge < -0.3 is 9.53 Å². The number of rotatable bonds is 5. The quantitative estimate of drug-likeness (QED) is 0.445. The van der Waals surface area contributed by atoms with Crippen LogP contribution in [0.4, 0.5) is 0 Å². The molecule has 64 valence electrons. The van der Waals surface area contributed by atoms with Crippen LogP contribution in [0.15, 0.2) is 0 Å². The van der Waals surface area contributed by atoms with Crippen molar-refractivity contribution in [1.82, 2.24) is 0 Å². The van der Waals surface area contributed by atoms with Crippen LogP contribution in [0.1, 0.15) is 26.7 Å². The van der Waals surface area contributed by atoms with Gasteiger partial charge in [0.2, 0.25) is 0 Å². The second kappa shape index (κ2) is 5.89. The van der Waals surface area contributed by atoms with Gasteiger partial charge in [-0.1, -0.05) is 13.8 Å². The zero-order valence-electron chi connectivity index (χ0n) is 7.00. The average molecular weight is 158 g/mol. The molecule has 0 aromatic rings. The highest BCUT2D eigenvalue weighted by Gasteiger charge is 2.02. The van der Waals surface area contributed by atoms with Crippen LogP contribution in [-0.2, 0) is 14.3 Å². The van der Waals surface area contributed by atoms with Gasteiger partial charge in [0.25, 0.3) is 0 Å². The summed E-state index contributed by atoms with van der Waals surface area (Å²) in [7, 11) is 0. The van der Waals surface area contributed by atoms with E-state index in [0.717, 1.165) is 6.29 Å². The molecule has 0 saturated heterocycles. The van der Waals surface area contributed by atoms with Crippen molar-refractivity contribution < 1.29 is 14.3 Å². The van der Waals surface area contributed by atoms with Gasteiger partial charge >= 0.3 is 5.97 Å². The van der Waals surface area contributed by atoms with Gasteiger partial charge in [0.1, 0.15) is 6.29 Å². The number of esters is 1. The van der Waals surface area contributed by atoms with Crippen molar-refractivity contribution >= 4 is 12.3 Å². The molecule has 0 aromatic carbocycles. The minimum absolute atomic E-state index is 0.205. The normalized spacial score (nSPS) is 9.73. The molecule has 0 fully saturated rings. The SMILES string of the molecule is CC(C)COC(=O)CCC=O. The van der Waals surface area contributed by atoms with Crippen LogP contribution in [0.25, 0.3) is 0 Å². The molecule has 0 spiro atoms. The lowest BCUT2D eigenvalue weighted by atomic mass is 10.2. The maximum atomic E-state index is 10.7. The molecule has 0 radical (unpaired) electrons. The first-order chi connectivity index (χ1) is 5.16. The molecule has 3 heteroatoms. The van der Waals surface area contributed by atoms with Crippen LogP contribution in [0.5, 0.6) is 0 Å². The molecule has 0 aromatic heterocycles. The summed E-state index contributed by atoms with van der Waals surface area (Å²) in [5, 5.41) is 0. The molecule has 0 aliphatic heterocycles. The second-order valence-corrected chi connectivity index (χ2v) is 2.78. The first-order valence-electron chi connectivity index (χ1n) is 3.76. The molecular weight excluding hydrogens is 144 g/mol. The van der Waals surface area contributed by atoms with E-state index in [2.05, 4.69) is 0 Å². The van der Waals surface area contributed by atoms with E-state index in [-0.39, 0.29) is 18.8 Å². The zero-order chi connectivity index (χ0) is 8.69. The third-order valence-electron chi connectivity index (χ3n) is 1.04. The molecule has 0 rings (SSSR count). The fourth-order valence-corrected chi connectivity index (χ4v) is 0.509. The summed E-state index contributed by atoms with van der Waals surface area (Å²) in [5.41, 5.74) is 0. The summed E-state index contributed by atoms with van der Waals surface area (Å²) in [6.07, 6.45) is 1.18. The lowest BCUT2D eigenvalue weighted by molar-refractivity contribution is -0.145. The number of carbonyl (C=O) groups is 2. The molecule has 0 amide bonds. The largest absolute Gasteiger partial charge is 0.465 e. The molecule has 0 bridgehead atoms. The zero-order valence-corrected chi connectivity index (χ0v) is 7.00. The summed E-state index contributed by atoms with van der Waals surface area (Å²) in [6.45, 7) is 4.37. The van der Waals surface area contributed by atoms with Gasteiger partial charge in [-0.2, -0.15) is 0 Å². The predicted octanol–water partition coefficient (Wildman–Crippen LogP) is 1.16. The van der Waals surface area contributed by atoms with Gasteiger partial charge in [-0.3, -0.25) is 4.79 Å². The summed E-state index contributed by atoms with van der Waals surface area (Å²) >= 11 is 0. The third-order valence-corrected chi connectivity index (χ3v) is 1.04. The van der Waals surface area contributed by atoms with E-state index in [1.54, 1.807) is 0 Å². The number of aldehydes is 1. The Labute approximate surface area is 66.7 Å². The van der Waals surface area contributed by atoms with E-state index < -0.39 is 0 Å². The molecule has 0 aliphatic carbocycles.